The molecule has 8 aromatic rings. The van der Waals surface area contributed by atoms with Gasteiger partial charge in [0, 0.05) is 5.39 Å². The quantitative estimate of drug-likeness (QED) is 0.140. The van der Waals surface area contributed by atoms with Gasteiger partial charge >= 0.3 is 0 Å². The lowest BCUT2D eigenvalue weighted by Crippen LogP contribution is -1.95. The lowest BCUT2D eigenvalue weighted by atomic mass is 9.92. The molecule has 0 saturated heterocycles. The van der Waals surface area contributed by atoms with Gasteiger partial charge in [0.15, 0.2) is 34.3 Å². The number of hydrogen-bond donors (Lipinski definition) is 0. The van der Waals surface area contributed by atoms with Gasteiger partial charge in [-0.05, 0) is 84.9 Å². The summed E-state index contributed by atoms with van der Waals surface area (Å²) in [7, 11) is 8.20. The summed E-state index contributed by atoms with van der Waals surface area (Å²) in [6.45, 7) is 0. The lowest BCUT2D eigenvalue weighted by Gasteiger charge is -2.17. The number of methoxy groups -OCH3 is 5. The summed E-state index contributed by atoms with van der Waals surface area (Å²) >= 11 is 0. The van der Waals surface area contributed by atoms with Crippen molar-refractivity contribution < 1.29 is 28.1 Å². The Morgan fingerprint density at radius 2 is 0.889 bits per heavy atom. The summed E-state index contributed by atoms with van der Waals surface area (Å²) < 4.78 is 35.6. The summed E-state index contributed by atoms with van der Waals surface area (Å²) in [6.07, 6.45) is 0. The Hall–Kier alpha value is -5.69. The van der Waals surface area contributed by atoms with Crippen molar-refractivity contribution >= 4 is 65.0 Å². The molecule has 8 rings (SSSR count). The molecule has 0 N–H and O–H groups in total. The van der Waals surface area contributed by atoms with Gasteiger partial charge in [0.25, 0.3) is 0 Å². The second-order valence-electron chi connectivity index (χ2n) is 10.9. The molecule has 7 nitrogen and oxygen atoms in total. The zero-order chi connectivity index (χ0) is 30.8. The number of aromatic nitrogens is 1. The summed E-state index contributed by atoms with van der Waals surface area (Å²) in [5.74, 6) is 3.57. The molecule has 0 aliphatic rings. The number of nitrogens with zero attached hydrogens (tertiary/aromatic N) is 1. The van der Waals surface area contributed by atoms with E-state index in [-0.39, 0.29) is 0 Å². The van der Waals surface area contributed by atoms with E-state index in [4.69, 9.17) is 33.1 Å². The van der Waals surface area contributed by atoms with Crippen LogP contribution >= 0.6 is 0 Å². The molecule has 1 aromatic heterocycles. The number of ether oxygens (including phenoxy) is 5. The van der Waals surface area contributed by atoms with Gasteiger partial charge in [-0.2, -0.15) is 0 Å². The Morgan fingerprint density at radius 3 is 1.38 bits per heavy atom. The first-order valence-corrected chi connectivity index (χ1v) is 14.5. The molecule has 0 radical (unpaired) electrons. The Kier molecular flexibility index (Phi) is 6.10. The topological polar surface area (TPSA) is 72.2 Å². The third-order valence-electron chi connectivity index (χ3n) is 8.73. The maximum atomic E-state index is 6.71. The number of fused-ring (bicyclic) bond motifs is 10. The second-order valence-corrected chi connectivity index (χ2v) is 10.9. The van der Waals surface area contributed by atoms with E-state index in [0.717, 1.165) is 59.4 Å². The molecule has 0 fully saturated rings. The fraction of sp³-hybridized carbons (Fsp3) is 0.132. The maximum absolute atomic E-state index is 6.71. The molecule has 7 aromatic carbocycles. The average Bonchev–Trinajstić information content (AvgIpc) is 3.53. The minimum atomic E-state index is 0.518. The van der Waals surface area contributed by atoms with Crippen molar-refractivity contribution in [1.29, 1.82) is 0 Å². The van der Waals surface area contributed by atoms with E-state index in [1.165, 1.54) is 0 Å². The molecule has 0 aliphatic carbocycles. The van der Waals surface area contributed by atoms with Crippen LogP contribution in [-0.2, 0) is 0 Å². The van der Waals surface area contributed by atoms with Crippen molar-refractivity contribution in [2.45, 2.75) is 0 Å². The van der Waals surface area contributed by atoms with Crippen LogP contribution in [0.5, 0.6) is 28.7 Å². The smallest absolute Gasteiger partial charge is 0.228 e. The molecule has 0 spiro atoms. The first kappa shape index (κ1) is 26.9. The molecule has 45 heavy (non-hydrogen) atoms. The van der Waals surface area contributed by atoms with Crippen LogP contribution in [0.15, 0.2) is 89.3 Å². The van der Waals surface area contributed by atoms with Crippen molar-refractivity contribution in [3.8, 4) is 40.2 Å². The minimum Gasteiger partial charge on any atom is -0.493 e. The lowest BCUT2D eigenvalue weighted by molar-refractivity contribution is 0.355. The molecule has 1 heterocycles. The molecule has 0 bridgehead atoms. The molecular weight excluding hydrogens is 566 g/mol. The van der Waals surface area contributed by atoms with Crippen molar-refractivity contribution in [3.63, 3.8) is 0 Å². The Bertz CT molecular complexity index is 2380. The molecule has 0 saturated carbocycles. The Balaban J connectivity index is 1.59. The predicted octanol–water partition coefficient (Wildman–Crippen LogP) is 9.30. The highest BCUT2D eigenvalue weighted by atomic mass is 16.5. The molecule has 0 aliphatic heterocycles. The highest BCUT2D eigenvalue weighted by Gasteiger charge is 2.24. The van der Waals surface area contributed by atoms with E-state index in [1.807, 2.05) is 54.6 Å². The summed E-state index contributed by atoms with van der Waals surface area (Å²) in [4.78, 5) is 5.28. The number of hydrogen-bond acceptors (Lipinski definition) is 7. The van der Waals surface area contributed by atoms with Gasteiger partial charge in [0.05, 0.1) is 41.1 Å². The molecular formula is C38H29NO6. The van der Waals surface area contributed by atoms with Crippen molar-refractivity contribution in [1.82, 2.24) is 4.98 Å². The van der Waals surface area contributed by atoms with E-state index >= 15 is 0 Å². The standard InChI is InChI=1S/C38H29NO6/c1-40-29-15-24-25-16-31(42-3)32(43-4)18-27(25)34-28(26(24)17-30(29)41-2)19-33(44-5)37-36(34)39-38(45-37)35-22-12-8-6-10-20(22)14-21-11-7-9-13-23(21)35/h6-19H,1-5H3. The Labute approximate surface area is 258 Å². The van der Waals surface area contributed by atoms with Gasteiger partial charge in [-0.3, -0.25) is 0 Å². The first-order chi connectivity index (χ1) is 22.1. The van der Waals surface area contributed by atoms with Crippen molar-refractivity contribution in [2.75, 3.05) is 35.5 Å². The van der Waals surface area contributed by atoms with Crippen molar-refractivity contribution in [3.05, 3.63) is 84.9 Å². The largest absolute Gasteiger partial charge is 0.493 e. The normalized spacial score (nSPS) is 11.7. The highest BCUT2D eigenvalue weighted by molar-refractivity contribution is 6.32. The van der Waals surface area contributed by atoms with Crippen LogP contribution in [0.25, 0.3) is 76.4 Å². The molecule has 222 valence electrons. The fourth-order valence-corrected chi connectivity index (χ4v) is 6.67. The van der Waals surface area contributed by atoms with Gasteiger partial charge in [0.1, 0.15) is 5.52 Å². The van der Waals surface area contributed by atoms with Gasteiger partial charge in [-0.1, -0.05) is 48.5 Å². The first-order valence-electron chi connectivity index (χ1n) is 14.5. The van der Waals surface area contributed by atoms with Crippen LogP contribution in [0, 0.1) is 0 Å². The van der Waals surface area contributed by atoms with Crippen LogP contribution in [0.1, 0.15) is 0 Å². The summed E-state index contributed by atoms with van der Waals surface area (Å²) in [6, 6.07) is 28.8. The van der Waals surface area contributed by atoms with E-state index < -0.39 is 0 Å². The zero-order valence-corrected chi connectivity index (χ0v) is 25.5. The van der Waals surface area contributed by atoms with Gasteiger partial charge in [0.2, 0.25) is 5.89 Å². The van der Waals surface area contributed by atoms with E-state index in [2.05, 4.69) is 30.3 Å². The zero-order valence-electron chi connectivity index (χ0n) is 25.5. The number of rotatable bonds is 6. The van der Waals surface area contributed by atoms with Gasteiger partial charge in [-0.15, -0.1) is 0 Å². The van der Waals surface area contributed by atoms with Gasteiger partial charge < -0.3 is 28.1 Å². The highest BCUT2D eigenvalue weighted by Crippen LogP contribution is 2.49. The summed E-state index contributed by atoms with van der Waals surface area (Å²) in [5, 5.41) is 9.95. The van der Waals surface area contributed by atoms with E-state index in [9.17, 15) is 0 Å². The molecule has 0 amide bonds. The molecule has 7 heteroatoms. The third kappa shape index (κ3) is 3.87. The van der Waals surface area contributed by atoms with Crippen molar-refractivity contribution in [2.24, 2.45) is 0 Å². The van der Waals surface area contributed by atoms with E-state index in [1.54, 1.807) is 35.5 Å². The maximum Gasteiger partial charge on any atom is 0.228 e. The van der Waals surface area contributed by atoms with Crippen LogP contribution in [-0.4, -0.2) is 40.5 Å². The predicted molar refractivity (Wildman–Crippen MR) is 180 cm³/mol. The van der Waals surface area contributed by atoms with Crippen LogP contribution < -0.4 is 23.7 Å². The van der Waals surface area contributed by atoms with Crippen LogP contribution in [0.3, 0.4) is 0 Å². The van der Waals surface area contributed by atoms with Crippen LogP contribution in [0.4, 0.5) is 0 Å². The SMILES string of the molecule is COc1cc2c3cc(OC)c(OC)cc3c3c(cc(OC)c4oc(-c5c6ccccc6cc6ccccc56)nc43)c2cc1OC. The number of benzene rings is 7. The van der Waals surface area contributed by atoms with Crippen LogP contribution in [0.2, 0.25) is 0 Å². The monoisotopic (exact) mass is 595 g/mol. The average molecular weight is 596 g/mol. The minimum absolute atomic E-state index is 0.518. The second kappa shape index (κ2) is 10.2. The van der Waals surface area contributed by atoms with E-state index in [0.29, 0.717) is 45.7 Å². The third-order valence-corrected chi connectivity index (χ3v) is 8.73. The molecule has 0 unspecified atom stereocenters. The Morgan fingerprint density at radius 1 is 0.467 bits per heavy atom. The fourth-order valence-electron chi connectivity index (χ4n) is 6.67. The summed E-state index contributed by atoms with van der Waals surface area (Å²) in [5.41, 5.74) is 2.18. The van der Waals surface area contributed by atoms with Gasteiger partial charge in [-0.25, -0.2) is 4.98 Å². The molecule has 0 atom stereocenters. The number of oxazole rings is 1.